The molecule has 0 atom stereocenters. The van der Waals surface area contributed by atoms with Crippen molar-refractivity contribution in [2.75, 3.05) is 4.90 Å². The molecule has 1 aromatic carbocycles. The van der Waals surface area contributed by atoms with Gasteiger partial charge in [-0.15, -0.1) is 11.3 Å². The standard InChI is InChI=1S/C21H20F3N3O4S/c1-11(2)18-17(12(3)26-31-18)19(29)30-9-15-10-32-20(25-15)27(13(4)28)16-7-5-6-14(8-16)21(22,23)24/h5-8,10-11H,9H2,1-4H3. The predicted octanol–water partition coefficient (Wildman–Crippen LogP) is 5.62. The van der Waals surface area contributed by atoms with Gasteiger partial charge >= 0.3 is 12.1 Å². The van der Waals surface area contributed by atoms with Gasteiger partial charge in [-0.05, 0) is 25.1 Å². The van der Waals surface area contributed by atoms with Crippen LogP contribution in [0.2, 0.25) is 0 Å². The number of nitrogens with zero attached hydrogens (tertiary/aromatic N) is 3. The lowest BCUT2D eigenvalue weighted by Gasteiger charge is -2.19. The third-order valence-corrected chi connectivity index (χ3v) is 5.32. The van der Waals surface area contributed by atoms with E-state index in [1.165, 1.54) is 19.1 Å². The predicted molar refractivity (Wildman–Crippen MR) is 111 cm³/mol. The minimum Gasteiger partial charge on any atom is -0.455 e. The molecule has 0 aliphatic carbocycles. The molecule has 0 fully saturated rings. The van der Waals surface area contributed by atoms with Crippen molar-refractivity contribution in [3.63, 3.8) is 0 Å². The zero-order valence-corrected chi connectivity index (χ0v) is 18.5. The molecule has 0 radical (unpaired) electrons. The molecule has 2 aromatic heterocycles. The Hall–Kier alpha value is -3.21. The van der Waals surface area contributed by atoms with Crippen LogP contribution in [0.4, 0.5) is 24.0 Å². The zero-order valence-electron chi connectivity index (χ0n) is 17.7. The van der Waals surface area contributed by atoms with Crippen molar-refractivity contribution < 1.29 is 32.0 Å². The first kappa shape index (κ1) is 23.5. The number of carbonyl (C=O) groups excluding carboxylic acids is 2. The highest BCUT2D eigenvalue weighted by atomic mass is 32.1. The maximum atomic E-state index is 13.1. The van der Waals surface area contributed by atoms with Crippen molar-refractivity contribution in [3.8, 4) is 0 Å². The number of thiazole rings is 1. The number of alkyl halides is 3. The van der Waals surface area contributed by atoms with Crippen LogP contribution >= 0.6 is 11.3 Å². The lowest BCUT2D eigenvalue weighted by atomic mass is 10.1. The summed E-state index contributed by atoms with van der Waals surface area (Å²) >= 11 is 1.05. The lowest BCUT2D eigenvalue weighted by molar-refractivity contribution is -0.137. The van der Waals surface area contributed by atoms with E-state index in [0.29, 0.717) is 17.1 Å². The number of anilines is 2. The van der Waals surface area contributed by atoms with Gasteiger partial charge in [0.1, 0.15) is 12.2 Å². The van der Waals surface area contributed by atoms with E-state index < -0.39 is 23.6 Å². The third kappa shape index (κ3) is 4.98. The Bertz CT molecular complexity index is 1140. The summed E-state index contributed by atoms with van der Waals surface area (Å²) in [7, 11) is 0. The Morgan fingerprint density at radius 2 is 2.00 bits per heavy atom. The molecule has 1 amide bonds. The number of aromatic nitrogens is 2. The summed E-state index contributed by atoms with van der Waals surface area (Å²) in [5.41, 5.74) is 0.162. The molecule has 11 heteroatoms. The summed E-state index contributed by atoms with van der Waals surface area (Å²) in [6, 6.07) is 4.41. The molecule has 0 saturated carbocycles. The largest absolute Gasteiger partial charge is 0.455 e. The van der Waals surface area contributed by atoms with Crippen molar-refractivity contribution in [3.05, 3.63) is 57.9 Å². The lowest BCUT2D eigenvalue weighted by Crippen LogP contribution is -2.23. The topological polar surface area (TPSA) is 85.5 Å². The number of rotatable bonds is 6. The number of amides is 1. The quantitative estimate of drug-likeness (QED) is 0.437. The molecule has 170 valence electrons. The Balaban J connectivity index is 1.79. The van der Waals surface area contributed by atoms with Crippen LogP contribution in [0, 0.1) is 6.92 Å². The molecule has 2 heterocycles. The Labute approximate surface area is 185 Å². The molecular weight excluding hydrogens is 447 g/mol. The minimum absolute atomic E-state index is 0.0342. The number of halogens is 3. The van der Waals surface area contributed by atoms with E-state index in [-0.39, 0.29) is 28.9 Å². The second kappa shape index (κ2) is 9.11. The maximum absolute atomic E-state index is 13.1. The normalized spacial score (nSPS) is 11.6. The van der Waals surface area contributed by atoms with E-state index >= 15 is 0 Å². The van der Waals surface area contributed by atoms with E-state index in [2.05, 4.69) is 10.1 Å². The molecule has 3 aromatic rings. The van der Waals surface area contributed by atoms with Gasteiger partial charge in [-0.25, -0.2) is 9.78 Å². The van der Waals surface area contributed by atoms with Crippen molar-refractivity contribution in [1.82, 2.24) is 10.1 Å². The summed E-state index contributed by atoms with van der Waals surface area (Å²) in [5, 5.41) is 5.53. The van der Waals surface area contributed by atoms with Crippen LogP contribution in [-0.4, -0.2) is 22.0 Å². The van der Waals surface area contributed by atoms with Crippen molar-refractivity contribution in [1.29, 1.82) is 0 Å². The van der Waals surface area contributed by atoms with E-state index in [9.17, 15) is 22.8 Å². The maximum Gasteiger partial charge on any atom is 0.416 e. The zero-order chi connectivity index (χ0) is 23.6. The number of hydrogen-bond acceptors (Lipinski definition) is 7. The smallest absolute Gasteiger partial charge is 0.416 e. The monoisotopic (exact) mass is 467 g/mol. The van der Waals surface area contributed by atoms with Gasteiger partial charge < -0.3 is 9.26 Å². The number of benzene rings is 1. The first-order valence-electron chi connectivity index (χ1n) is 9.54. The number of carbonyl (C=O) groups is 2. The van der Waals surface area contributed by atoms with E-state index in [1.807, 2.05) is 13.8 Å². The van der Waals surface area contributed by atoms with E-state index in [4.69, 9.17) is 9.26 Å². The first-order chi connectivity index (χ1) is 15.0. The summed E-state index contributed by atoms with van der Waals surface area (Å²) in [6.45, 7) is 6.38. The highest BCUT2D eigenvalue weighted by Gasteiger charge is 2.31. The number of hydrogen-bond donors (Lipinski definition) is 0. The fourth-order valence-corrected chi connectivity index (χ4v) is 3.83. The van der Waals surface area contributed by atoms with Crippen molar-refractivity contribution in [2.45, 2.75) is 46.4 Å². The molecule has 0 aliphatic rings. The van der Waals surface area contributed by atoms with Crippen LogP contribution in [0.5, 0.6) is 0 Å². The van der Waals surface area contributed by atoms with Crippen LogP contribution in [-0.2, 0) is 22.3 Å². The average Bonchev–Trinajstić information content (AvgIpc) is 3.32. The van der Waals surface area contributed by atoms with Gasteiger partial charge in [0, 0.05) is 18.2 Å². The molecule has 32 heavy (non-hydrogen) atoms. The summed E-state index contributed by atoms with van der Waals surface area (Å²) in [5.74, 6) is -0.785. The van der Waals surface area contributed by atoms with Crippen LogP contribution in [0.3, 0.4) is 0 Å². The molecule has 7 nitrogen and oxygen atoms in total. The highest BCUT2D eigenvalue weighted by molar-refractivity contribution is 7.14. The van der Waals surface area contributed by atoms with Gasteiger partial charge in [-0.3, -0.25) is 9.69 Å². The molecule has 0 aliphatic heterocycles. The minimum atomic E-state index is -4.55. The molecule has 0 N–H and O–H groups in total. The second-order valence-corrected chi connectivity index (χ2v) is 8.10. The average molecular weight is 467 g/mol. The van der Waals surface area contributed by atoms with Crippen LogP contribution in [0.25, 0.3) is 0 Å². The van der Waals surface area contributed by atoms with Gasteiger partial charge in [0.15, 0.2) is 10.9 Å². The Morgan fingerprint density at radius 3 is 2.62 bits per heavy atom. The summed E-state index contributed by atoms with van der Waals surface area (Å²) < 4.78 is 49.7. The van der Waals surface area contributed by atoms with Crippen molar-refractivity contribution >= 4 is 34.0 Å². The second-order valence-electron chi connectivity index (χ2n) is 7.26. The number of ether oxygens (including phenoxy) is 1. The SMILES string of the molecule is CC(=O)N(c1cccc(C(F)(F)F)c1)c1nc(COC(=O)c2c(C)noc2C(C)C)cs1. The molecular formula is C21H20F3N3O4S. The van der Waals surface area contributed by atoms with Gasteiger partial charge in [-0.1, -0.05) is 25.1 Å². The Morgan fingerprint density at radius 1 is 1.28 bits per heavy atom. The molecule has 0 spiro atoms. The van der Waals surface area contributed by atoms with Crippen LogP contribution in [0.1, 0.15) is 59.8 Å². The fourth-order valence-electron chi connectivity index (χ4n) is 2.95. The first-order valence-corrected chi connectivity index (χ1v) is 10.4. The van der Waals surface area contributed by atoms with Gasteiger partial charge in [-0.2, -0.15) is 13.2 Å². The Kier molecular flexibility index (Phi) is 6.68. The van der Waals surface area contributed by atoms with Crippen LogP contribution < -0.4 is 4.90 Å². The number of esters is 1. The van der Waals surface area contributed by atoms with Crippen molar-refractivity contribution in [2.24, 2.45) is 0 Å². The highest BCUT2D eigenvalue weighted by Crippen LogP contribution is 2.35. The van der Waals surface area contributed by atoms with E-state index in [1.54, 1.807) is 12.3 Å². The fraction of sp³-hybridized carbons (Fsp3) is 0.333. The third-order valence-electron chi connectivity index (χ3n) is 4.45. The molecule has 3 rings (SSSR count). The molecule has 0 saturated heterocycles. The molecule has 0 unspecified atom stereocenters. The number of aryl methyl sites for hydroxylation is 1. The van der Waals surface area contributed by atoms with Gasteiger partial charge in [0.2, 0.25) is 5.91 Å². The van der Waals surface area contributed by atoms with Crippen LogP contribution in [0.15, 0.2) is 34.2 Å². The van der Waals surface area contributed by atoms with Gasteiger partial charge in [0.05, 0.1) is 22.6 Å². The van der Waals surface area contributed by atoms with E-state index in [0.717, 1.165) is 28.4 Å². The molecule has 0 bridgehead atoms. The summed E-state index contributed by atoms with van der Waals surface area (Å²) in [6.07, 6.45) is -4.55. The summed E-state index contributed by atoms with van der Waals surface area (Å²) in [4.78, 5) is 30.0. The van der Waals surface area contributed by atoms with Gasteiger partial charge in [0.25, 0.3) is 0 Å².